The lowest BCUT2D eigenvalue weighted by molar-refractivity contribution is -0.0505. The van der Waals surface area contributed by atoms with E-state index in [1.54, 1.807) is 38.1 Å². The number of carbonyl (C=O) groups excluding carboxylic acids is 2. The molecule has 0 spiro atoms. The van der Waals surface area contributed by atoms with Crippen molar-refractivity contribution in [2.24, 2.45) is 0 Å². The summed E-state index contributed by atoms with van der Waals surface area (Å²) in [7, 11) is -11.7. The number of aromatic amines is 2. The van der Waals surface area contributed by atoms with Crippen LogP contribution in [-0.2, 0) is 20.2 Å². The van der Waals surface area contributed by atoms with Gasteiger partial charge in [0.05, 0.1) is 0 Å². The molecular weight excluding hydrogens is 722 g/mol. The molecule has 50 heavy (non-hydrogen) atoms. The molecule has 0 aliphatic carbocycles. The summed E-state index contributed by atoms with van der Waals surface area (Å²) in [4.78, 5) is 37.1. The highest BCUT2D eigenvalue weighted by atomic mass is 32.2. The van der Waals surface area contributed by atoms with Crippen molar-refractivity contribution in [1.82, 2.24) is 19.9 Å². The van der Waals surface area contributed by atoms with Gasteiger partial charge in [0.15, 0.2) is 11.6 Å². The third kappa shape index (κ3) is 6.30. The van der Waals surface area contributed by atoms with Crippen LogP contribution in [0.4, 0.5) is 26.3 Å². The van der Waals surface area contributed by atoms with Crippen molar-refractivity contribution < 1.29 is 61.1 Å². The first-order valence-corrected chi connectivity index (χ1v) is 16.7. The van der Waals surface area contributed by atoms with Gasteiger partial charge in [-0.3, -0.25) is 9.59 Å². The summed E-state index contributed by atoms with van der Waals surface area (Å²) in [6.07, 6.45) is 0. The SMILES string of the molecule is CC(=O)c1c(C)[nH]c2nc(OS(=O)(=O)C(F)(F)F)c3ccccc3c12.CC(=O)c1c(C)[nH]c2nc(OS(=O)(=O)C(F)(F)F)c3ccccc3c12. The number of fused-ring (bicyclic) bond motifs is 6. The number of hydrogen-bond donors (Lipinski definition) is 2. The average Bonchev–Trinajstić information content (AvgIpc) is 3.51. The molecule has 20 heteroatoms. The van der Waals surface area contributed by atoms with Crippen LogP contribution in [0.2, 0.25) is 0 Å². The Bertz CT molecular complexity index is 2410. The van der Waals surface area contributed by atoms with Gasteiger partial charge < -0.3 is 18.3 Å². The van der Waals surface area contributed by atoms with Gasteiger partial charge in [-0.25, -0.2) is 0 Å². The standard InChI is InChI=1S/2C15H11F3N2O4S/c2*1-7-11(8(2)21)12-9-5-3-4-6-10(9)14(20-13(12)19-7)24-25(22,23)15(16,17)18/h2*3-6H,1-2H3,(H,19,20). The van der Waals surface area contributed by atoms with Crippen LogP contribution in [0.25, 0.3) is 43.6 Å². The normalized spacial score (nSPS) is 12.7. The van der Waals surface area contributed by atoms with Crippen LogP contribution in [0.1, 0.15) is 46.0 Å². The van der Waals surface area contributed by atoms with Crippen molar-refractivity contribution in [3.05, 3.63) is 71.0 Å². The molecule has 0 aliphatic heterocycles. The molecule has 4 aromatic heterocycles. The van der Waals surface area contributed by atoms with E-state index in [9.17, 15) is 52.8 Å². The summed E-state index contributed by atoms with van der Waals surface area (Å²) < 4.78 is 129. The number of benzene rings is 2. The third-order valence-corrected chi connectivity index (χ3v) is 9.15. The molecule has 264 valence electrons. The molecular formula is C30H22F6N4O8S2. The molecule has 12 nitrogen and oxygen atoms in total. The fourth-order valence-corrected chi connectivity index (χ4v) is 6.18. The maximum Gasteiger partial charge on any atom is 0.534 e. The molecule has 6 rings (SSSR count). The lowest BCUT2D eigenvalue weighted by Crippen LogP contribution is -2.28. The Labute approximate surface area is 277 Å². The van der Waals surface area contributed by atoms with Gasteiger partial charge in [0, 0.05) is 44.1 Å². The predicted molar refractivity (Wildman–Crippen MR) is 168 cm³/mol. The Morgan fingerprint density at radius 1 is 0.600 bits per heavy atom. The number of Topliss-reactive ketones (excluding diaryl/α,β-unsaturated/α-hetero) is 2. The summed E-state index contributed by atoms with van der Waals surface area (Å²) in [5.41, 5.74) is -9.43. The van der Waals surface area contributed by atoms with Crippen LogP contribution in [0.15, 0.2) is 48.5 Å². The number of nitrogens with zero attached hydrogens (tertiary/aromatic N) is 2. The zero-order valence-electron chi connectivity index (χ0n) is 25.9. The highest BCUT2D eigenvalue weighted by Crippen LogP contribution is 2.38. The lowest BCUT2D eigenvalue weighted by Gasteiger charge is -2.11. The van der Waals surface area contributed by atoms with Gasteiger partial charge in [-0.15, -0.1) is 0 Å². The molecule has 2 aromatic carbocycles. The molecule has 4 heterocycles. The van der Waals surface area contributed by atoms with Crippen molar-refractivity contribution in [3.8, 4) is 11.8 Å². The summed E-state index contributed by atoms with van der Waals surface area (Å²) >= 11 is 0. The number of rotatable bonds is 6. The van der Waals surface area contributed by atoms with E-state index in [1.165, 1.54) is 38.1 Å². The quantitative estimate of drug-likeness (QED) is 0.0788. The Balaban J connectivity index is 0.000000194. The smallest absolute Gasteiger partial charge is 0.354 e. The van der Waals surface area contributed by atoms with Crippen LogP contribution in [0.3, 0.4) is 0 Å². The van der Waals surface area contributed by atoms with Crippen LogP contribution in [0.5, 0.6) is 11.8 Å². The van der Waals surface area contributed by atoms with E-state index in [0.717, 1.165) is 0 Å². The predicted octanol–water partition coefficient (Wildman–Crippen LogP) is 6.91. The molecule has 0 radical (unpaired) electrons. The highest BCUT2D eigenvalue weighted by Gasteiger charge is 2.50. The largest absolute Gasteiger partial charge is 0.534 e. The van der Waals surface area contributed by atoms with Crippen molar-refractivity contribution in [3.63, 3.8) is 0 Å². The second-order valence-electron chi connectivity index (χ2n) is 10.7. The number of aryl methyl sites for hydroxylation is 2. The first-order chi connectivity index (χ1) is 23.1. The van der Waals surface area contributed by atoms with Crippen molar-refractivity contribution in [2.45, 2.75) is 38.7 Å². The van der Waals surface area contributed by atoms with Gasteiger partial charge in [0.25, 0.3) is 0 Å². The molecule has 0 amide bonds. The Morgan fingerprint density at radius 2 is 0.900 bits per heavy atom. The number of hydrogen-bond acceptors (Lipinski definition) is 10. The maximum atomic E-state index is 12.6. The van der Waals surface area contributed by atoms with Crippen molar-refractivity contribution >= 4 is 75.4 Å². The van der Waals surface area contributed by atoms with Crippen molar-refractivity contribution in [1.29, 1.82) is 0 Å². The Morgan fingerprint density at radius 3 is 1.18 bits per heavy atom. The van der Waals surface area contributed by atoms with Crippen LogP contribution < -0.4 is 8.37 Å². The van der Waals surface area contributed by atoms with E-state index >= 15 is 0 Å². The molecule has 0 saturated carbocycles. The molecule has 0 atom stereocenters. The van der Waals surface area contributed by atoms with Crippen molar-refractivity contribution in [2.75, 3.05) is 0 Å². The Kier molecular flexibility index (Phi) is 8.85. The van der Waals surface area contributed by atoms with E-state index in [0.29, 0.717) is 44.1 Å². The summed E-state index contributed by atoms with van der Waals surface area (Å²) in [5.74, 6) is -1.94. The monoisotopic (exact) mass is 744 g/mol. The highest BCUT2D eigenvalue weighted by molar-refractivity contribution is 7.88. The number of carbonyl (C=O) groups is 2. The number of alkyl halides is 6. The number of ketones is 2. The Hall–Kier alpha value is -5.24. The number of H-pyrrole nitrogens is 2. The van der Waals surface area contributed by atoms with Gasteiger partial charge >= 0.3 is 31.3 Å². The average molecular weight is 745 g/mol. The molecule has 0 aliphatic rings. The van der Waals surface area contributed by atoms with E-state index in [1.807, 2.05) is 0 Å². The number of aromatic nitrogens is 4. The molecule has 0 fully saturated rings. The van der Waals surface area contributed by atoms with Gasteiger partial charge in [-0.05, 0) is 50.6 Å². The molecule has 2 N–H and O–H groups in total. The van der Waals surface area contributed by atoms with Gasteiger partial charge in [-0.1, -0.05) is 36.4 Å². The van der Waals surface area contributed by atoms with Gasteiger partial charge in [0.2, 0.25) is 11.8 Å². The molecule has 0 unspecified atom stereocenters. The summed E-state index contributed by atoms with van der Waals surface area (Å²) in [6.45, 7) is 5.92. The van der Waals surface area contributed by atoms with Crippen LogP contribution >= 0.6 is 0 Å². The topological polar surface area (TPSA) is 178 Å². The number of pyridine rings is 2. The zero-order chi connectivity index (χ0) is 37.1. The minimum absolute atomic E-state index is 0.0457. The second kappa shape index (κ2) is 12.3. The fourth-order valence-electron chi connectivity index (χ4n) is 5.32. The molecule has 0 bridgehead atoms. The first kappa shape index (κ1) is 36.1. The lowest BCUT2D eigenvalue weighted by atomic mass is 10.0. The van der Waals surface area contributed by atoms with Crippen LogP contribution in [0, 0.1) is 13.8 Å². The van der Waals surface area contributed by atoms with E-state index < -0.39 is 43.0 Å². The van der Waals surface area contributed by atoms with Crippen LogP contribution in [-0.4, -0.2) is 59.4 Å². The third-order valence-electron chi connectivity index (χ3n) is 7.26. The summed E-state index contributed by atoms with van der Waals surface area (Å²) in [6, 6.07) is 12.0. The molecule has 0 saturated heterocycles. The first-order valence-electron chi connectivity index (χ1n) is 13.9. The zero-order valence-corrected chi connectivity index (χ0v) is 27.5. The van der Waals surface area contributed by atoms with Gasteiger partial charge in [-0.2, -0.15) is 53.1 Å². The van der Waals surface area contributed by atoms with E-state index in [2.05, 4.69) is 28.3 Å². The number of halogens is 6. The second-order valence-corrected chi connectivity index (χ2v) is 13.8. The van der Waals surface area contributed by atoms with E-state index in [-0.39, 0.29) is 33.6 Å². The minimum Gasteiger partial charge on any atom is -0.354 e. The maximum absolute atomic E-state index is 12.6. The summed E-state index contributed by atoms with van der Waals surface area (Å²) in [5, 5.41) is 1.60. The molecule has 6 aromatic rings. The fraction of sp³-hybridized carbons (Fsp3) is 0.200. The van der Waals surface area contributed by atoms with Gasteiger partial charge in [0.1, 0.15) is 11.3 Å². The van der Waals surface area contributed by atoms with E-state index in [4.69, 9.17) is 0 Å². The number of nitrogens with one attached hydrogen (secondary N) is 2. The minimum atomic E-state index is -5.87.